The Bertz CT molecular complexity index is 546. The van der Waals surface area contributed by atoms with Crippen LogP contribution in [0.15, 0.2) is 23.1 Å². The quantitative estimate of drug-likeness (QED) is 0.688. The molecule has 0 radical (unpaired) electrons. The summed E-state index contributed by atoms with van der Waals surface area (Å²) < 4.78 is 40.6. The summed E-state index contributed by atoms with van der Waals surface area (Å²) in [6.07, 6.45) is 5.01. The van der Waals surface area contributed by atoms with Crippen LogP contribution in [-0.2, 0) is 16.6 Å². The lowest BCUT2D eigenvalue weighted by atomic mass is 10.1. The largest absolute Gasteiger partial charge is 0.392 e. The predicted octanol–water partition coefficient (Wildman–Crippen LogP) is 2.96. The zero-order valence-electron chi connectivity index (χ0n) is 12.6. The molecule has 1 aromatic rings. The summed E-state index contributed by atoms with van der Waals surface area (Å²) in [5.41, 5.74) is 0.346. The van der Waals surface area contributed by atoms with E-state index in [0.717, 1.165) is 38.2 Å². The Labute approximate surface area is 126 Å². The highest BCUT2D eigenvalue weighted by Gasteiger charge is 2.21. The lowest BCUT2D eigenvalue weighted by Gasteiger charge is -2.14. The Kier molecular flexibility index (Phi) is 7.28. The molecule has 0 aliphatic rings. The van der Waals surface area contributed by atoms with E-state index in [1.165, 1.54) is 12.1 Å². The third-order valence-corrected chi connectivity index (χ3v) is 4.94. The molecule has 0 saturated heterocycles. The first-order chi connectivity index (χ1) is 9.90. The molecule has 1 rings (SSSR count). The zero-order valence-corrected chi connectivity index (χ0v) is 13.4. The molecule has 0 bridgehead atoms. The number of hydrogen-bond donors (Lipinski definition) is 2. The van der Waals surface area contributed by atoms with Crippen LogP contribution in [0.5, 0.6) is 0 Å². The second-order valence-electron chi connectivity index (χ2n) is 5.29. The molecular weight excluding hydrogens is 293 g/mol. The zero-order chi connectivity index (χ0) is 15.9. The Morgan fingerprint density at radius 3 is 2.57 bits per heavy atom. The first kappa shape index (κ1) is 18.1. The SMILES string of the molecule is CCCCCCC(C)NS(=O)(=O)c1ccc(CO)cc1F. The molecule has 0 fully saturated rings. The third kappa shape index (κ3) is 5.73. The minimum Gasteiger partial charge on any atom is -0.392 e. The minimum absolute atomic E-state index is 0.233. The van der Waals surface area contributed by atoms with Gasteiger partial charge in [0.1, 0.15) is 10.7 Å². The van der Waals surface area contributed by atoms with Gasteiger partial charge in [0.15, 0.2) is 0 Å². The molecule has 4 nitrogen and oxygen atoms in total. The van der Waals surface area contributed by atoms with Gasteiger partial charge in [-0.3, -0.25) is 0 Å². The van der Waals surface area contributed by atoms with Gasteiger partial charge >= 0.3 is 0 Å². The molecule has 0 aliphatic carbocycles. The number of unbranched alkanes of at least 4 members (excludes halogenated alkanes) is 3. The van der Waals surface area contributed by atoms with Crippen LogP contribution in [0.3, 0.4) is 0 Å². The van der Waals surface area contributed by atoms with Crippen LogP contribution in [0.4, 0.5) is 4.39 Å². The monoisotopic (exact) mass is 317 g/mol. The third-order valence-electron chi connectivity index (χ3n) is 3.32. The topological polar surface area (TPSA) is 66.4 Å². The van der Waals surface area contributed by atoms with Gasteiger partial charge in [-0.05, 0) is 31.0 Å². The second-order valence-corrected chi connectivity index (χ2v) is 6.98. The van der Waals surface area contributed by atoms with Gasteiger partial charge in [0.2, 0.25) is 10.0 Å². The van der Waals surface area contributed by atoms with Crippen molar-refractivity contribution >= 4 is 10.0 Å². The van der Waals surface area contributed by atoms with Crippen molar-refractivity contribution in [1.29, 1.82) is 0 Å². The van der Waals surface area contributed by atoms with Crippen LogP contribution >= 0.6 is 0 Å². The van der Waals surface area contributed by atoms with Gasteiger partial charge in [0, 0.05) is 6.04 Å². The standard InChI is InChI=1S/C15H24FNO3S/c1-3-4-5-6-7-12(2)17-21(19,20)15-9-8-13(11-18)10-14(15)16/h8-10,12,17-18H,3-7,11H2,1-2H3. The van der Waals surface area contributed by atoms with Gasteiger partial charge in [-0.25, -0.2) is 17.5 Å². The van der Waals surface area contributed by atoms with E-state index >= 15 is 0 Å². The van der Waals surface area contributed by atoms with Crippen molar-refractivity contribution in [2.45, 2.75) is 63.5 Å². The number of hydrogen-bond acceptors (Lipinski definition) is 3. The number of halogens is 1. The number of rotatable bonds is 9. The summed E-state index contributed by atoms with van der Waals surface area (Å²) in [6.45, 7) is 3.58. The van der Waals surface area contributed by atoms with Crippen molar-refractivity contribution in [1.82, 2.24) is 4.72 Å². The van der Waals surface area contributed by atoms with Gasteiger partial charge in [-0.1, -0.05) is 38.7 Å². The Morgan fingerprint density at radius 1 is 1.29 bits per heavy atom. The summed E-state index contributed by atoms with van der Waals surface area (Å²) in [5.74, 6) is -0.841. The summed E-state index contributed by atoms with van der Waals surface area (Å²) in [5, 5.41) is 8.91. The Morgan fingerprint density at radius 2 is 2.00 bits per heavy atom. The van der Waals surface area contributed by atoms with E-state index in [-0.39, 0.29) is 17.5 Å². The van der Waals surface area contributed by atoms with Gasteiger partial charge in [0.05, 0.1) is 6.61 Å². The maximum Gasteiger partial charge on any atom is 0.243 e. The highest BCUT2D eigenvalue weighted by molar-refractivity contribution is 7.89. The van der Waals surface area contributed by atoms with E-state index in [4.69, 9.17) is 5.11 Å². The average Bonchev–Trinajstić information content (AvgIpc) is 2.42. The summed E-state index contributed by atoms with van der Waals surface area (Å²) >= 11 is 0. The summed E-state index contributed by atoms with van der Waals surface area (Å²) in [7, 11) is -3.86. The van der Waals surface area contributed by atoms with Crippen LogP contribution in [0.1, 0.15) is 51.5 Å². The molecule has 1 unspecified atom stereocenters. The molecule has 0 amide bonds. The minimum atomic E-state index is -3.86. The van der Waals surface area contributed by atoms with Gasteiger partial charge in [0.25, 0.3) is 0 Å². The Hall–Kier alpha value is -0.980. The van der Waals surface area contributed by atoms with Crippen LogP contribution < -0.4 is 4.72 Å². The molecule has 1 aromatic carbocycles. The van der Waals surface area contributed by atoms with Gasteiger partial charge in [-0.2, -0.15) is 0 Å². The fraction of sp³-hybridized carbons (Fsp3) is 0.600. The van der Waals surface area contributed by atoms with Crippen molar-refractivity contribution in [3.63, 3.8) is 0 Å². The van der Waals surface area contributed by atoms with Crippen molar-refractivity contribution in [3.8, 4) is 0 Å². The molecule has 2 N–H and O–H groups in total. The molecule has 6 heteroatoms. The van der Waals surface area contributed by atoms with E-state index < -0.39 is 15.8 Å². The van der Waals surface area contributed by atoms with Crippen molar-refractivity contribution in [3.05, 3.63) is 29.6 Å². The highest BCUT2D eigenvalue weighted by Crippen LogP contribution is 2.17. The fourth-order valence-corrected chi connectivity index (χ4v) is 3.46. The van der Waals surface area contributed by atoms with Crippen molar-refractivity contribution in [2.24, 2.45) is 0 Å². The molecule has 0 heterocycles. The Balaban J connectivity index is 2.68. The van der Waals surface area contributed by atoms with E-state index in [1.807, 2.05) is 0 Å². The van der Waals surface area contributed by atoms with E-state index in [0.29, 0.717) is 5.56 Å². The molecular formula is C15H24FNO3S. The maximum atomic E-state index is 13.8. The van der Waals surface area contributed by atoms with Gasteiger partial charge in [-0.15, -0.1) is 0 Å². The molecule has 0 aromatic heterocycles. The number of benzene rings is 1. The molecule has 0 spiro atoms. The van der Waals surface area contributed by atoms with E-state index in [9.17, 15) is 12.8 Å². The lowest BCUT2D eigenvalue weighted by Crippen LogP contribution is -2.33. The van der Waals surface area contributed by atoms with Crippen LogP contribution in [-0.4, -0.2) is 19.6 Å². The molecule has 0 aliphatic heterocycles. The van der Waals surface area contributed by atoms with Gasteiger partial charge < -0.3 is 5.11 Å². The van der Waals surface area contributed by atoms with Crippen molar-refractivity contribution < 1.29 is 17.9 Å². The van der Waals surface area contributed by atoms with Crippen LogP contribution in [0.25, 0.3) is 0 Å². The van der Waals surface area contributed by atoms with Crippen LogP contribution in [0, 0.1) is 5.82 Å². The van der Waals surface area contributed by atoms with E-state index in [1.54, 1.807) is 6.92 Å². The fourth-order valence-electron chi connectivity index (χ4n) is 2.13. The normalized spacial score (nSPS) is 13.3. The maximum absolute atomic E-state index is 13.8. The number of aliphatic hydroxyl groups is 1. The smallest absolute Gasteiger partial charge is 0.243 e. The first-order valence-electron chi connectivity index (χ1n) is 7.32. The molecule has 1 atom stereocenters. The molecule has 21 heavy (non-hydrogen) atoms. The number of nitrogens with one attached hydrogen (secondary N) is 1. The number of aliphatic hydroxyl groups excluding tert-OH is 1. The summed E-state index contributed by atoms with van der Waals surface area (Å²) in [6, 6.07) is 3.40. The predicted molar refractivity (Wildman–Crippen MR) is 80.9 cm³/mol. The van der Waals surface area contributed by atoms with Crippen molar-refractivity contribution in [2.75, 3.05) is 0 Å². The average molecular weight is 317 g/mol. The first-order valence-corrected chi connectivity index (χ1v) is 8.80. The highest BCUT2D eigenvalue weighted by atomic mass is 32.2. The van der Waals surface area contributed by atoms with Crippen LogP contribution in [0.2, 0.25) is 0 Å². The number of sulfonamides is 1. The van der Waals surface area contributed by atoms with E-state index in [2.05, 4.69) is 11.6 Å². The molecule has 0 saturated carbocycles. The second kappa shape index (κ2) is 8.46. The lowest BCUT2D eigenvalue weighted by molar-refractivity contribution is 0.281. The summed E-state index contributed by atoms with van der Waals surface area (Å²) in [4.78, 5) is -0.375. The molecule has 120 valence electrons.